The van der Waals surface area contributed by atoms with Gasteiger partial charge in [-0.3, -0.25) is 4.79 Å². The standard InChI is InChI=1S/C16H12ClN3O2/c17-13-9-5-4-8-12(13)16(21)18-10-14-19-15(20-22-14)11-6-2-1-3-7-11/h1-9H,10H2,(H,18,21). The van der Waals surface area contributed by atoms with Gasteiger partial charge in [-0.25, -0.2) is 0 Å². The first-order valence-electron chi connectivity index (χ1n) is 6.65. The van der Waals surface area contributed by atoms with E-state index in [1.54, 1.807) is 24.3 Å². The van der Waals surface area contributed by atoms with Crippen molar-refractivity contribution in [1.82, 2.24) is 15.5 Å². The Kier molecular flexibility index (Phi) is 4.16. The van der Waals surface area contributed by atoms with Crippen molar-refractivity contribution >= 4 is 17.5 Å². The molecule has 1 N–H and O–H groups in total. The zero-order valence-corrected chi connectivity index (χ0v) is 12.2. The lowest BCUT2D eigenvalue weighted by Gasteiger charge is -2.03. The number of benzene rings is 2. The normalized spacial score (nSPS) is 10.4. The van der Waals surface area contributed by atoms with Crippen LogP contribution in [0.1, 0.15) is 16.2 Å². The molecule has 5 nitrogen and oxygen atoms in total. The second-order valence-electron chi connectivity index (χ2n) is 4.54. The Morgan fingerprint density at radius 3 is 2.59 bits per heavy atom. The highest BCUT2D eigenvalue weighted by molar-refractivity contribution is 6.33. The third-order valence-electron chi connectivity index (χ3n) is 3.02. The summed E-state index contributed by atoms with van der Waals surface area (Å²) in [7, 11) is 0. The van der Waals surface area contributed by atoms with E-state index in [1.165, 1.54) is 0 Å². The average molecular weight is 314 g/mol. The molecule has 0 aliphatic carbocycles. The van der Waals surface area contributed by atoms with Crippen LogP contribution in [0.3, 0.4) is 0 Å². The number of hydrogen-bond donors (Lipinski definition) is 1. The smallest absolute Gasteiger partial charge is 0.253 e. The Labute approximate surface area is 131 Å². The molecule has 3 rings (SSSR count). The predicted octanol–water partition coefficient (Wildman–Crippen LogP) is 3.32. The van der Waals surface area contributed by atoms with Crippen LogP contribution in [0.25, 0.3) is 11.4 Å². The van der Waals surface area contributed by atoms with E-state index in [-0.39, 0.29) is 12.5 Å². The van der Waals surface area contributed by atoms with Gasteiger partial charge in [-0.05, 0) is 12.1 Å². The maximum Gasteiger partial charge on any atom is 0.253 e. The van der Waals surface area contributed by atoms with Gasteiger partial charge in [0.1, 0.15) is 0 Å². The summed E-state index contributed by atoms with van der Waals surface area (Å²) < 4.78 is 5.13. The summed E-state index contributed by atoms with van der Waals surface area (Å²) in [5, 5.41) is 6.99. The molecule has 0 unspecified atom stereocenters. The third-order valence-corrected chi connectivity index (χ3v) is 3.35. The molecular weight excluding hydrogens is 302 g/mol. The van der Waals surface area contributed by atoms with Crippen molar-refractivity contribution in [3.05, 3.63) is 71.1 Å². The lowest BCUT2D eigenvalue weighted by molar-refractivity contribution is 0.0946. The lowest BCUT2D eigenvalue weighted by atomic mass is 10.2. The molecule has 1 aromatic heterocycles. The molecule has 0 aliphatic heterocycles. The molecule has 0 radical (unpaired) electrons. The van der Waals surface area contributed by atoms with Crippen LogP contribution in [0.2, 0.25) is 5.02 Å². The number of amides is 1. The molecular formula is C16H12ClN3O2. The molecule has 0 atom stereocenters. The molecule has 0 bridgehead atoms. The van der Waals surface area contributed by atoms with E-state index in [4.69, 9.17) is 16.1 Å². The van der Waals surface area contributed by atoms with E-state index in [9.17, 15) is 4.79 Å². The SMILES string of the molecule is O=C(NCc1nc(-c2ccccc2)no1)c1ccccc1Cl. The van der Waals surface area contributed by atoms with Gasteiger partial charge in [-0.1, -0.05) is 59.2 Å². The highest BCUT2D eigenvalue weighted by Gasteiger charge is 2.12. The van der Waals surface area contributed by atoms with Gasteiger partial charge in [-0.2, -0.15) is 4.98 Å². The van der Waals surface area contributed by atoms with Gasteiger partial charge in [0.25, 0.3) is 5.91 Å². The molecule has 1 heterocycles. The van der Waals surface area contributed by atoms with Crippen molar-refractivity contribution in [2.24, 2.45) is 0 Å². The number of rotatable bonds is 4. The van der Waals surface area contributed by atoms with Crippen molar-refractivity contribution in [3.8, 4) is 11.4 Å². The van der Waals surface area contributed by atoms with Crippen molar-refractivity contribution < 1.29 is 9.32 Å². The van der Waals surface area contributed by atoms with Crippen LogP contribution in [0.4, 0.5) is 0 Å². The van der Waals surface area contributed by atoms with E-state index in [2.05, 4.69) is 15.5 Å². The molecule has 0 fully saturated rings. The molecule has 22 heavy (non-hydrogen) atoms. The summed E-state index contributed by atoms with van der Waals surface area (Å²) in [6, 6.07) is 16.3. The summed E-state index contributed by atoms with van der Waals surface area (Å²) in [6.45, 7) is 0.143. The predicted molar refractivity (Wildman–Crippen MR) is 82.4 cm³/mol. The van der Waals surface area contributed by atoms with Crippen LogP contribution < -0.4 is 5.32 Å². The Hall–Kier alpha value is -2.66. The molecule has 6 heteroatoms. The fourth-order valence-corrected chi connectivity index (χ4v) is 2.15. The molecule has 0 aliphatic rings. The summed E-state index contributed by atoms with van der Waals surface area (Å²) >= 11 is 5.97. The minimum atomic E-state index is -0.287. The molecule has 3 aromatic rings. The van der Waals surface area contributed by atoms with E-state index in [0.717, 1.165) is 5.56 Å². The van der Waals surface area contributed by atoms with Gasteiger partial charge in [-0.15, -0.1) is 0 Å². The third kappa shape index (κ3) is 3.15. The highest BCUT2D eigenvalue weighted by Crippen LogP contribution is 2.16. The van der Waals surface area contributed by atoms with E-state index >= 15 is 0 Å². The maximum absolute atomic E-state index is 12.0. The minimum absolute atomic E-state index is 0.143. The van der Waals surface area contributed by atoms with Gasteiger partial charge < -0.3 is 9.84 Å². The van der Waals surface area contributed by atoms with Crippen molar-refractivity contribution in [2.75, 3.05) is 0 Å². The maximum atomic E-state index is 12.0. The van der Waals surface area contributed by atoms with Crippen molar-refractivity contribution in [1.29, 1.82) is 0 Å². The van der Waals surface area contributed by atoms with Crippen LogP contribution in [-0.4, -0.2) is 16.0 Å². The quantitative estimate of drug-likeness (QED) is 0.802. The van der Waals surface area contributed by atoms with Gasteiger partial charge >= 0.3 is 0 Å². The summed E-state index contributed by atoms with van der Waals surface area (Å²) in [5.41, 5.74) is 1.27. The first-order valence-corrected chi connectivity index (χ1v) is 7.02. The molecule has 1 amide bonds. The number of aromatic nitrogens is 2. The number of hydrogen-bond acceptors (Lipinski definition) is 4. The topological polar surface area (TPSA) is 68.0 Å². The number of carbonyl (C=O) groups excluding carboxylic acids is 1. The molecule has 2 aromatic carbocycles. The van der Waals surface area contributed by atoms with Crippen LogP contribution in [0.15, 0.2) is 59.1 Å². The van der Waals surface area contributed by atoms with E-state index in [1.807, 2.05) is 30.3 Å². The fourth-order valence-electron chi connectivity index (χ4n) is 1.93. The fraction of sp³-hybridized carbons (Fsp3) is 0.0625. The van der Waals surface area contributed by atoms with E-state index in [0.29, 0.717) is 22.3 Å². The minimum Gasteiger partial charge on any atom is -0.343 e. The van der Waals surface area contributed by atoms with Crippen molar-refractivity contribution in [3.63, 3.8) is 0 Å². The Morgan fingerprint density at radius 1 is 1.09 bits per heavy atom. The van der Waals surface area contributed by atoms with Crippen LogP contribution in [-0.2, 0) is 6.54 Å². The largest absolute Gasteiger partial charge is 0.343 e. The monoisotopic (exact) mass is 313 g/mol. The Morgan fingerprint density at radius 2 is 1.82 bits per heavy atom. The van der Waals surface area contributed by atoms with Crippen LogP contribution in [0, 0.1) is 0 Å². The van der Waals surface area contributed by atoms with Crippen LogP contribution >= 0.6 is 11.6 Å². The average Bonchev–Trinajstić information content (AvgIpc) is 3.03. The lowest BCUT2D eigenvalue weighted by Crippen LogP contribution is -2.23. The second-order valence-corrected chi connectivity index (χ2v) is 4.95. The van der Waals surface area contributed by atoms with Gasteiger partial charge in [0.15, 0.2) is 0 Å². The first-order chi connectivity index (χ1) is 10.7. The Bertz CT molecular complexity index is 787. The van der Waals surface area contributed by atoms with Gasteiger partial charge in [0.05, 0.1) is 17.1 Å². The molecule has 0 saturated heterocycles. The Balaban J connectivity index is 1.67. The summed E-state index contributed by atoms with van der Waals surface area (Å²) in [4.78, 5) is 16.3. The summed E-state index contributed by atoms with van der Waals surface area (Å²) in [6.07, 6.45) is 0. The van der Waals surface area contributed by atoms with Crippen molar-refractivity contribution in [2.45, 2.75) is 6.54 Å². The molecule has 110 valence electrons. The number of nitrogens with one attached hydrogen (secondary N) is 1. The zero-order valence-electron chi connectivity index (χ0n) is 11.5. The number of carbonyl (C=O) groups is 1. The summed E-state index contributed by atoms with van der Waals surface area (Å²) in [5.74, 6) is 0.534. The van der Waals surface area contributed by atoms with Gasteiger partial charge in [0, 0.05) is 5.56 Å². The van der Waals surface area contributed by atoms with Crippen LogP contribution in [0.5, 0.6) is 0 Å². The van der Waals surface area contributed by atoms with E-state index < -0.39 is 0 Å². The zero-order chi connectivity index (χ0) is 15.4. The molecule has 0 spiro atoms. The second kappa shape index (κ2) is 6.41. The van der Waals surface area contributed by atoms with Gasteiger partial charge in [0.2, 0.25) is 11.7 Å². The molecule has 0 saturated carbocycles. The first kappa shape index (κ1) is 14.3. The number of nitrogens with zero attached hydrogens (tertiary/aromatic N) is 2. The highest BCUT2D eigenvalue weighted by atomic mass is 35.5. The number of halogens is 1.